The average molecular weight is 358 g/mol. The fraction of sp³-hybridized carbons (Fsp3) is 0.474. The molecule has 2 fully saturated rings. The molecule has 6 nitrogen and oxygen atoms in total. The van der Waals surface area contributed by atoms with Crippen LogP contribution in [-0.2, 0) is 11.2 Å². The van der Waals surface area contributed by atoms with Crippen molar-refractivity contribution < 1.29 is 14.0 Å². The number of aromatic amines is 2. The summed E-state index contributed by atoms with van der Waals surface area (Å²) in [7, 11) is 0. The van der Waals surface area contributed by atoms with Crippen LogP contribution >= 0.6 is 0 Å². The molecular formula is C19H23FN4O2. The Kier molecular flexibility index (Phi) is 4.53. The number of aryl methyl sites for hydroxylation is 1. The van der Waals surface area contributed by atoms with Gasteiger partial charge in [0.15, 0.2) is 0 Å². The van der Waals surface area contributed by atoms with Crippen molar-refractivity contribution in [2.24, 2.45) is 5.92 Å². The third-order valence-corrected chi connectivity index (χ3v) is 5.35. The normalized spacial score (nSPS) is 20.4. The summed E-state index contributed by atoms with van der Waals surface area (Å²) in [6.07, 6.45) is 6.38. The number of H-pyrrole nitrogens is 2. The zero-order chi connectivity index (χ0) is 18.1. The Balaban J connectivity index is 1.40. The largest absolute Gasteiger partial charge is 0.365 e. The minimum Gasteiger partial charge on any atom is -0.365 e. The summed E-state index contributed by atoms with van der Waals surface area (Å²) in [5.74, 6) is -0.0419. The van der Waals surface area contributed by atoms with Gasteiger partial charge in [-0.25, -0.2) is 4.39 Å². The molecule has 2 aliphatic rings. The van der Waals surface area contributed by atoms with Gasteiger partial charge in [0, 0.05) is 50.2 Å². The first-order valence-electron chi connectivity index (χ1n) is 9.17. The minimum absolute atomic E-state index is 0.0250. The zero-order valence-corrected chi connectivity index (χ0v) is 14.6. The second-order valence-corrected chi connectivity index (χ2v) is 7.17. The van der Waals surface area contributed by atoms with Gasteiger partial charge >= 0.3 is 0 Å². The lowest BCUT2D eigenvalue weighted by molar-refractivity contribution is -0.134. The van der Waals surface area contributed by atoms with Crippen LogP contribution in [0.5, 0.6) is 0 Å². The van der Waals surface area contributed by atoms with E-state index in [1.165, 1.54) is 12.3 Å². The first-order chi connectivity index (χ1) is 12.6. The molecule has 138 valence electrons. The summed E-state index contributed by atoms with van der Waals surface area (Å²) >= 11 is 0. The quantitative estimate of drug-likeness (QED) is 0.860. The lowest BCUT2D eigenvalue weighted by Crippen LogP contribution is -2.57. The van der Waals surface area contributed by atoms with Crippen LogP contribution in [0, 0.1) is 11.7 Å². The summed E-state index contributed by atoms with van der Waals surface area (Å²) in [6.45, 7) is 1.60. The summed E-state index contributed by atoms with van der Waals surface area (Å²) in [4.78, 5) is 34.8. The van der Waals surface area contributed by atoms with Crippen molar-refractivity contribution in [2.75, 3.05) is 19.6 Å². The second kappa shape index (κ2) is 6.97. The van der Waals surface area contributed by atoms with E-state index in [2.05, 4.69) is 9.97 Å². The number of hydrogen-bond acceptors (Lipinski definition) is 2. The van der Waals surface area contributed by atoms with Gasteiger partial charge in [-0.1, -0.05) is 0 Å². The Bertz CT molecular complexity index is 781. The van der Waals surface area contributed by atoms with Gasteiger partial charge in [-0.15, -0.1) is 0 Å². The third kappa shape index (κ3) is 3.52. The Morgan fingerprint density at radius 3 is 2.73 bits per heavy atom. The number of carbonyl (C=O) groups excluding carboxylic acids is 2. The SMILES string of the molecule is O=C(CCc1ccc[nH]1)N1CCN(C(=O)c2cc(F)c[nH]2)C(C2CC2)C1. The first kappa shape index (κ1) is 16.9. The van der Waals surface area contributed by atoms with Crippen LogP contribution in [-0.4, -0.2) is 57.3 Å². The number of piperazine rings is 1. The molecule has 2 aromatic rings. The highest BCUT2D eigenvalue weighted by molar-refractivity contribution is 5.93. The first-order valence-corrected chi connectivity index (χ1v) is 9.17. The standard InChI is InChI=1S/C19H23FN4O2/c20-14-10-16(22-11-14)19(26)24-9-8-23(12-17(24)13-3-4-13)18(25)6-5-15-2-1-7-21-15/h1-2,7,10-11,13,17,21-22H,3-6,8-9,12H2. The van der Waals surface area contributed by atoms with Crippen LogP contribution in [0.1, 0.15) is 35.4 Å². The summed E-state index contributed by atoms with van der Waals surface area (Å²) in [6, 6.07) is 5.17. The highest BCUT2D eigenvalue weighted by Gasteiger charge is 2.42. The van der Waals surface area contributed by atoms with Crippen LogP contribution < -0.4 is 0 Å². The topological polar surface area (TPSA) is 72.2 Å². The fourth-order valence-electron chi connectivity index (χ4n) is 3.74. The summed E-state index contributed by atoms with van der Waals surface area (Å²) in [5, 5.41) is 0. The monoisotopic (exact) mass is 358 g/mol. The van der Waals surface area contributed by atoms with Crippen LogP contribution in [0.4, 0.5) is 4.39 Å². The van der Waals surface area contributed by atoms with Gasteiger partial charge in [0.2, 0.25) is 5.91 Å². The number of hydrogen-bond donors (Lipinski definition) is 2. The maximum Gasteiger partial charge on any atom is 0.270 e. The van der Waals surface area contributed by atoms with E-state index in [9.17, 15) is 14.0 Å². The molecule has 2 amide bonds. The van der Waals surface area contributed by atoms with Crippen molar-refractivity contribution in [1.82, 2.24) is 19.8 Å². The number of nitrogens with zero attached hydrogens (tertiary/aromatic N) is 2. The van der Waals surface area contributed by atoms with Crippen molar-refractivity contribution in [1.29, 1.82) is 0 Å². The van der Waals surface area contributed by atoms with Gasteiger partial charge in [-0.3, -0.25) is 9.59 Å². The predicted molar refractivity (Wildman–Crippen MR) is 94.0 cm³/mol. The predicted octanol–water partition coefficient (Wildman–Crippen LogP) is 2.18. The zero-order valence-electron chi connectivity index (χ0n) is 14.6. The van der Waals surface area contributed by atoms with Crippen LogP contribution in [0.2, 0.25) is 0 Å². The average Bonchev–Trinajstić information content (AvgIpc) is 3.19. The molecule has 26 heavy (non-hydrogen) atoms. The molecule has 1 aliphatic heterocycles. The van der Waals surface area contributed by atoms with Crippen LogP contribution in [0.25, 0.3) is 0 Å². The Morgan fingerprint density at radius 2 is 2.08 bits per heavy atom. The molecular weight excluding hydrogens is 335 g/mol. The van der Waals surface area contributed by atoms with Crippen LogP contribution in [0.3, 0.4) is 0 Å². The van der Waals surface area contributed by atoms with Crippen molar-refractivity contribution in [3.8, 4) is 0 Å². The van der Waals surface area contributed by atoms with Gasteiger partial charge in [0.05, 0.1) is 6.04 Å². The molecule has 2 N–H and O–H groups in total. The molecule has 0 radical (unpaired) electrons. The molecule has 2 aromatic heterocycles. The number of aromatic nitrogens is 2. The number of halogens is 1. The van der Waals surface area contributed by atoms with Crippen molar-refractivity contribution in [3.05, 3.63) is 47.8 Å². The van der Waals surface area contributed by atoms with Crippen molar-refractivity contribution in [2.45, 2.75) is 31.7 Å². The molecule has 1 atom stereocenters. The molecule has 0 bridgehead atoms. The molecule has 3 heterocycles. The van der Waals surface area contributed by atoms with E-state index >= 15 is 0 Å². The number of rotatable bonds is 5. The van der Waals surface area contributed by atoms with E-state index in [4.69, 9.17) is 0 Å². The van der Waals surface area contributed by atoms with Crippen LogP contribution in [0.15, 0.2) is 30.6 Å². The van der Waals surface area contributed by atoms with E-state index in [0.717, 1.165) is 18.5 Å². The number of amides is 2. The Labute approximate surface area is 151 Å². The smallest absolute Gasteiger partial charge is 0.270 e. The van der Waals surface area contributed by atoms with Gasteiger partial charge in [0.1, 0.15) is 11.5 Å². The van der Waals surface area contributed by atoms with Gasteiger partial charge in [-0.05, 0) is 37.3 Å². The van der Waals surface area contributed by atoms with E-state index in [1.807, 2.05) is 28.1 Å². The lowest BCUT2D eigenvalue weighted by atomic mass is 10.1. The molecule has 4 rings (SSSR count). The van der Waals surface area contributed by atoms with Gasteiger partial charge in [-0.2, -0.15) is 0 Å². The summed E-state index contributed by atoms with van der Waals surface area (Å²) < 4.78 is 13.2. The Hall–Kier alpha value is -2.57. The molecule has 1 unspecified atom stereocenters. The Morgan fingerprint density at radius 1 is 1.23 bits per heavy atom. The molecule has 1 saturated heterocycles. The second-order valence-electron chi connectivity index (χ2n) is 7.17. The van der Waals surface area contributed by atoms with Crippen molar-refractivity contribution >= 4 is 11.8 Å². The number of carbonyl (C=O) groups is 2. The van der Waals surface area contributed by atoms with Gasteiger partial charge < -0.3 is 19.8 Å². The lowest BCUT2D eigenvalue weighted by Gasteiger charge is -2.41. The fourth-order valence-corrected chi connectivity index (χ4v) is 3.74. The third-order valence-electron chi connectivity index (χ3n) is 5.35. The number of nitrogens with one attached hydrogen (secondary N) is 2. The van der Waals surface area contributed by atoms with Gasteiger partial charge in [0.25, 0.3) is 5.91 Å². The van der Waals surface area contributed by atoms with E-state index < -0.39 is 5.82 Å². The van der Waals surface area contributed by atoms with E-state index in [-0.39, 0.29) is 23.6 Å². The maximum absolute atomic E-state index is 13.2. The highest BCUT2D eigenvalue weighted by Crippen LogP contribution is 2.37. The minimum atomic E-state index is -0.436. The highest BCUT2D eigenvalue weighted by atomic mass is 19.1. The van der Waals surface area contributed by atoms with Crippen molar-refractivity contribution in [3.63, 3.8) is 0 Å². The molecule has 0 spiro atoms. The van der Waals surface area contributed by atoms with E-state index in [1.54, 1.807) is 0 Å². The molecule has 7 heteroatoms. The van der Waals surface area contributed by atoms with E-state index in [0.29, 0.717) is 38.4 Å². The molecule has 1 aliphatic carbocycles. The molecule has 0 aromatic carbocycles. The summed E-state index contributed by atoms with van der Waals surface area (Å²) in [5.41, 5.74) is 1.33. The maximum atomic E-state index is 13.2. The molecule has 1 saturated carbocycles.